The van der Waals surface area contributed by atoms with E-state index in [1.807, 2.05) is 24.3 Å². The van der Waals surface area contributed by atoms with E-state index in [1.54, 1.807) is 18.2 Å². The van der Waals surface area contributed by atoms with E-state index in [-0.39, 0.29) is 10.8 Å². The predicted molar refractivity (Wildman–Crippen MR) is 115 cm³/mol. The Morgan fingerprint density at radius 2 is 1.86 bits per heavy atom. The highest BCUT2D eigenvalue weighted by Gasteiger charge is 2.09. The minimum Gasteiger partial charge on any atom is -0.331 e. The molecule has 8 heteroatoms. The fraction of sp³-hybridized carbons (Fsp3) is 0.200. The van der Waals surface area contributed by atoms with Gasteiger partial charge in [0.1, 0.15) is 0 Å². The Morgan fingerprint density at radius 3 is 2.54 bits per heavy atom. The van der Waals surface area contributed by atoms with Crippen LogP contribution in [0.2, 0.25) is 0 Å². The largest absolute Gasteiger partial charge is 0.331 e. The first-order valence-corrected chi connectivity index (χ1v) is 9.28. The van der Waals surface area contributed by atoms with Crippen molar-refractivity contribution in [2.75, 3.05) is 5.32 Å². The second-order valence-electron chi connectivity index (χ2n) is 6.02. The number of carbonyl (C=O) groups is 1. The Labute approximate surface area is 169 Å². The van der Waals surface area contributed by atoms with Crippen LogP contribution in [0.4, 0.5) is 11.4 Å². The van der Waals surface area contributed by atoms with Gasteiger partial charge in [0.25, 0.3) is 11.6 Å². The van der Waals surface area contributed by atoms with E-state index >= 15 is 0 Å². The summed E-state index contributed by atoms with van der Waals surface area (Å²) in [7, 11) is 0. The normalized spacial score (nSPS) is 10.5. The average molecular weight is 398 g/mol. The maximum absolute atomic E-state index is 11.9. The SMILES string of the molecule is CCCCc1ccc(NC(=S)NNC(=O)/C=C/c2ccccc2[N+](=O)[O-])cc1. The van der Waals surface area contributed by atoms with Crippen LogP contribution in [0.5, 0.6) is 0 Å². The predicted octanol–water partition coefficient (Wildman–Crippen LogP) is 3.97. The van der Waals surface area contributed by atoms with Gasteiger partial charge < -0.3 is 5.32 Å². The van der Waals surface area contributed by atoms with E-state index in [1.165, 1.54) is 23.8 Å². The molecule has 146 valence electrons. The second kappa shape index (κ2) is 10.8. The van der Waals surface area contributed by atoms with Crippen molar-refractivity contribution in [1.82, 2.24) is 10.9 Å². The third kappa shape index (κ3) is 6.81. The van der Waals surface area contributed by atoms with Crippen molar-refractivity contribution in [3.63, 3.8) is 0 Å². The van der Waals surface area contributed by atoms with Crippen LogP contribution in [0.3, 0.4) is 0 Å². The lowest BCUT2D eigenvalue weighted by molar-refractivity contribution is -0.385. The van der Waals surface area contributed by atoms with Crippen molar-refractivity contribution in [3.05, 3.63) is 75.8 Å². The maximum Gasteiger partial charge on any atom is 0.276 e. The molecule has 0 saturated heterocycles. The second-order valence-corrected chi connectivity index (χ2v) is 6.43. The Balaban J connectivity index is 1.82. The third-order valence-electron chi connectivity index (χ3n) is 3.88. The number of hydrogen-bond acceptors (Lipinski definition) is 4. The number of thiocarbonyl (C=S) groups is 1. The van der Waals surface area contributed by atoms with Crippen molar-refractivity contribution in [2.45, 2.75) is 26.2 Å². The summed E-state index contributed by atoms with van der Waals surface area (Å²) in [6, 6.07) is 14.1. The summed E-state index contributed by atoms with van der Waals surface area (Å²) >= 11 is 5.14. The van der Waals surface area contributed by atoms with Crippen LogP contribution in [0, 0.1) is 10.1 Å². The van der Waals surface area contributed by atoms with Crippen LogP contribution in [0.15, 0.2) is 54.6 Å². The number of unbranched alkanes of at least 4 members (excludes halogenated alkanes) is 1. The number of nitrogens with one attached hydrogen (secondary N) is 3. The van der Waals surface area contributed by atoms with Gasteiger partial charge in [-0.1, -0.05) is 37.6 Å². The van der Waals surface area contributed by atoms with Crippen LogP contribution >= 0.6 is 12.2 Å². The van der Waals surface area contributed by atoms with Gasteiger partial charge in [-0.05, 0) is 54.9 Å². The summed E-state index contributed by atoms with van der Waals surface area (Å²) in [6.07, 6.45) is 5.92. The lowest BCUT2D eigenvalue weighted by atomic mass is 10.1. The van der Waals surface area contributed by atoms with Gasteiger partial charge in [0.15, 0.2) is 5.11 Å². The summed E-state index contributed by atoms with van der Waals surface area (Å²) in [4.78, 5) is 22.3. The number of anilines is 1. The van der Waals surface area contributed by atoms with Gasteiger partial charge in [-0.15, -0.1) is 0 Å². The molecule has 3 N–H and O–H groups in total. The smallest absolute Gasteiger partial charge is 0.276 e. The zero-order valence-corrected chi connectivity index (χ0v) is 16.3. The van der Waals surface area contributed by atoms with Gasteiger partial charge >= 0.3 is 0 Å². The minimum absolute atomic E-state index is 0.0703. The quantitative estimate of drug-likeness (QED) is 0.283. The Bertz CT molecular complexity index is 866. The average Bonchev–Trinajstić information content (AvgIpc) is 2.70. The third-order valence-corrected chi connectivity index (χ3v) is 4.08. The molecular formula is C20H22N4O3S. The van der Waals surface area contributed by atoms with Crippen molar-refractivity contribution >= 4 is 40.7 Å². The van der Waals surface area contributed by atoms with E-state index in [9.17, 15) is 14.9 Å². The molecule has 0 spiro atoms. The molecule has 0 aromatic heterocycles. The van der Waals surface area contributed by atoms with Gasteiger partial charge in [0.2, 0.25) is 0 Å². The molecule has 0 aliphatic heterocycles. The van der Waals surface area contributed by atoms with E-state index in [4.69, 9.17) is 12.2 Å². The van der Waals surface area contributed by atoms with Gasteiger partial charge in [-0.25, -0.2) is 0 Å². The van der Waals surface area contributed by atoms with E-state index in [0.29, 0.717) is 5.56 Å². The summed E-state index contributed by atoms with van der Waals surface area (Å²) in [5, 5.41) is 14.2. The molecule has 2 aromatic rings. The number of rotatable bonds is 7. The van der Waals surface area contributed by atoms with Gasteiger partial charge in [-0.3, -0.25) is 25.8 Å². The number of amides is 1. The number of hydrazine groups is 1. The standard InChI is InChI=1S/C20H22N4O3S/c1-2-3-6-15-9-12-17(13-10-15)21-20(28)23-22-19(25)14-11-16-7-4-5-8-18(16)24(26)27/h4-5,7-14H,2-3,6H2,1H3,(H,22,25)(H2,21,23,28)/b14-11+. The summed E-state index contributed by atoms with van der Waals surface area (Å²) < 4.78 is 0. The molecule has 7 nitrogen and oxygen atoms in total. The zero-order valence-electron chi connectivity index (χ0n) is 15.5. The Hall–Kier alpha value is -3.26. The van der Waals surface area contributed by atoms with E-state index in [0.717, 1.165) is 24.9 Å². The summed E-state index contributed by atoms with van der Waals surface area (Å²) in [6.45, 7) is 2.16. The number of aryl methyl sites for hydroxylation is 1. The van der Waals surface area contributed by atoms with Crippen LogP contribution in [0.25, 0.3) is 6.08 Å². The summed E-state index contributed by atoms with van der Waals surface area (Å²) in [5.41, 5.74) is 7.34. The van der Waals surface area contributed by atoms with Gasteiger partial charge in [0, 0.05) is 17.8 Å². The van der Waals surface area contributed by atoms with Crippen LogP contribution in [-0.2, 0) is 11.2 Å². The Kier molecular flexibility index (Phi) is 8.11. The fourth-order valence-corrected chi connectivity index (χ4v) is 2.59. The highest BCUT2D eigenvalue weighted by atomic mass is 32.1. The van der Waals surface area contributed by atoms with Crippen LogP contribution in [-0.4, -0.2) is 15.9 Å². The molecule has 0 saturated carbocycles. The molecule has 1 amide bonds. The first-order valence-electron chi connectivity index (χ1n) is 8.87. The molecular weight excluding hydrogens is 376 g/mol. The molecule has 0 aliphatic carbocycles. The number of nitrogens with zero attached hydrogens (tertiary/aromatic N) is 1. The molecule has 0 aliphatic rings. The summed E-state index contributed by atoms with van der Waals surface area (Å²) in [5.74, 6) is -0.489. The van der Waals surface area contributed by atoms with Crippen LogP contribution in [0.1, 0.15) is 30.9 Å². The molecule has 0 heterocycles. The van der Waals surface area contributed by atoms with Crippen LogP contribution < -0.4 is 16.2 Å². The van der Waals surface area contributed by atoms with Crippen molar-refractivity contribution in [2.24, 2.45) is 0 Å². The van der Waals surface area contributed by atoms with E-state index < -0.39 is 10.8 Å². The highest BCUT2D eigenvalue weighted by molar-refractivity contribution is 7.80. The number of para-hydroxylation sites is 1. The molecule has 2 aromatic carbocycles. The molecule has 0 bridgehead atoms. The monoisotopic (exact) mass is 398 g/mol. The fourth-order valence-electron chi connectivity index (χ4n) is 2.42. The van der Waals surface area contributed by atoms with E-state index in [2.05, 4.69) is 23.1 Å². The topological polar surface area (TPSA) is 96.3 Å². The molecule has 28 heavy (non-hydrogen) atoms. The van der Waals surface area contributed by atoms with Gasteiger partial charge in [-0.2, -0.15) is 0 Å². The van der Waals surface area contributed by atoms with Crippen molar-refractivity contribution < 1.29 is 9.72 Å². The lowest BCUT2D eigenvalue weighted by Crippen LogP contribution is -2.43. The molecule has 0 fully saturated rings. The van der Waals surface area contributed by atoms with Crippen molar-refractivity contribution in [3.8, 4) is 0 Å². The number of nitro groups is 1. The zero-order chi connectivity index (χ0) is 20.4. The minimum atomic E-state index is -0.498. The molecule has 0 atom stereocenters. The lowest BCUT2D eigenvalue weighted by Gasteiger charge is -2.11. The Morgan fingerprint density at radius 1 is 1.14 bits per heavy atom. The first-order chi connectivity index (χ1) is 13.5. The number of hydrogen-bond donors (Lipinski definition) is 3. The molecule has 0 radical (unpaired) electrons. The number of nitro benzene ring substituents is 1. The maximum atomic E-state index is 11.9. The number of benzene rings is 2. The van der Waals surface area contributed by atoms with Gasteiger partial charge in [0.05, 0.1) is 10.5 Å². The van der Waals surface area contributed by atoms with Crippen molar-refractivity contribution in [1.29, 1.82) is 0 Å². The molecule has 2 rings (SSSR count). The first kappa shape index (κ1) is 21.0. The number of carbonyl (C=O) groups excluding carboxylic acids is 1. The highest BCUT2D eigenvalue weighted by Crippen LogP contribution is 2.18. The molecule has 0 unspecified atom stereocenters.